The molecule has 1 heterocycles. The predicted molar refractivity (Wildman–Crippen MR) is 119 cm³/mol. The van der Waals surface area contributed by atoms with Gasteiger partial charge >= 0.3 is 25.4 Å². The molecule has 2 rings (SSSR count). The van der Waals surface area contributed by atoms with Crippen LogP contribution in [0.1, 0.15) is 39.5 Å². The third kappa shape index (κ3) is 9.20. The van der Waals surface area contributed by atoms with Crippen LogP contribution in [0.3, 0.4) is 0 Å². The summed E-state index contributed by atoms with van der Waals surface area (Å²) < 4.78 is 36.7. The monoisotopic (exact) mass is 518 g/mol. The summed E-state index contributed by atoms with van der Waals surface area (Å²) in [7, 11) is -4.55. The van der Waals surface area contributed by atoms with Gasteiger partial charge < -0.3 is 19.7 Å². The van der Waals surface area contributed by atoms with Crippen LogP contribution in [0.2, 0.25) is 0 Å². The molecular weight excluding hydrogens is 491 g/mol. The van der Waals surface area contributed by atoms with Gasteiger partial charge in [-0.25, -0.2) is 9.19 Å². The number of hydrogen-bond donors (Lipinski definition) is 2. The number of esters is 2. The molecule has 2 aromatic rings. The molecular formula is C19H27N4O11P. The van der Waals surface area contributed by atoms with Crippen LogP contribution < -0.4 is 5.32 Å². The molecule has 16 heteroatoms. The Hall–Kier alpha value is -3.13. The van der Waals surface area contributed by atoms with E-state index in [2.05, 4.69) is 20.3 Å². The van der Waals surface area contributed by atoms with Crippen LogP contribution >= 0.6 is 7.82 Å². The van der Waals surface area contributed by atoms with E-state index in [1.165, 1.54) is 12.1 Å². The normalized spacial score (nSPS) is 13.7. The van der Waals surface area contributed by atoms with Crippen molar-refractivity contribution in [1.82, 2.24) is 10.3 Å². The molecule has 35 heavy (non-hydrogen) atoms. The molecule has 0 saturated heterocycles. The molecule has 15 nitrogen and oxygen atoms in total. The number of nitro groups is 1. The number of benzene rings is 1. The van der Waals surface area contributed by atoms with Crippen LogP contribution in [0.5, 0.6) is 0 Å². The number of phosphoric acid groups is 1. The van der Waals surface area contributed by atoms with Gasteiger partial charge in [-0.05, 0) is 29.2 Å². The lowest BCUT2D eigenvalue weighted by atomic mass is 10.2. The van der Waals surface area contributed by atoms with Crippen molar-refractivity contribution in [2.75, 3.05) is 31.7 Å². The van der Waals surface area contributed by atoms with Crippen LogP contribution in [-0.4, -0.2) is 64.5 Å². The zero-order valence-electron chi connectivity index (χ0n) is 19.2. The van der Waals surface area contributed by atoms with Crippen molar-refractivity contribution in [3.63, 3.8) is 0 Å². The number of carbonyl (C=O) groups is 2. The smallest absolute Gasteiger partial charge is 0.462 e. The molecule has 194 valence electrons. The number of aromatic nitrogens is 2. The van der Waals surface area contributed by atoms with Gasteiger partial charge in [-0.2, -0.15) is 0 Å². The summed E-state index contributed by atoms with van der Waals surface area (Å²) >= 11 is 0. The Balaban J connectivity index is 1.86. The minimum absolute atomic E-state index is 0.00275. The van der Waals surface area contributed by atoms with Crippen molar-refractivity contribution >= 4 is 42.2 Å². The lowest BCUT2D eigenvalue weighted by Gasteiger charge is -2.20. The van der Waals surface area contributed by atoms with Gasteiger partial charge in [0.2, 0.25) is 5.52 Å². The van der Waals surface area contributed by atoms with Crippen molar-refractivity contribution in [3.8, 4) is 0 Å². The van der Waals surface area contributed by atoms with Gasteiger partial charge in [-0.1, -0.05) is 13.8 Å². The summed E-state index contributed by atoms with van der Waals surface area (Å²) in [5.74, 6) is -1.07. The zero-order valence-corrected chi connectivity index (χ0v) is 20.1. The molecule has 0 saturated carbocycles. The van der Waals surface area contributed by atoms with E-state index in [1.807, 2.05) is 0 Å². The van der Waals surface area contributed by atoms with E-state index in [9.17, 15) is 29.2 Å². The fourth-order valence-electron chi connectivity index (χ4n) is 2.73. The molecule has 0 bridgehead atoms. The summed E-state index contributed by atoms with van der Waals surface area (Å²) in [5, 5.41) is 21.0. The van der Waals surface area contributed by atoms with Crippen molar-refractivity contribution < 1.29 is 47.1 Å². The SMILES string of the molecule is CCCC(=O)OC[C@H](COP(=O)(O)OCCNc1ccc([N+](=O)[O-])c2nonc12)OC(=O)CCC. The molecule has 0 amide bonds. The third-order valence-corrected chi connectivity index (χ3v) is 5.31. The van der Waals surface area contributed by atoms with Crippen molar-refractivity contribution in [2.45, 2.75) is 45.6 Å². The first-order valence-corrected chi connectivity index (χ1v) is 12.3. The molecule has 0 aliphatic heterocycles. The Kier molecular flexibility index (Phi) is 11.0. The number of rotatable bonds is 16. The van der Waals surface area contributed by atoms with Crippen LogP contribution in [0.4, 0.5) is 11.4 Å². The molecule has 0 aliphatic rings. The van der Waals surface area contributed by atoms with E-state index >= 15 is 0 Å². The second kappa shape index (κ2) is 13.7. The van der Waals surface area contributed by atoms with Crippen molar-refractivity contribution in [2.24, 2.45) is 0 Å². The second-order valence-electron chi connectivity index (χ2n) is 7.17. The Bertz CT molecular complexity index is 1060. The van der Waals surface area contributed by atoms with Gasteiger partial charge in [0.15, 0.2) is 11.6 Å². The molecule has 0 spiro atoms. The van der Waals surface area contributed by atoms with Gasteiger partial charge in [-0.3, -0.25) is 28.8 Å². The number of carbonyl (C=O) groups excluding carboxylic acids is 2. The second-order valence-corrected chi connectivity index (χ2v) is 8.62. The lowest BCUT2D eigenvalue weighted by molar-refractivity contribution is -0.383. The topological polar surface area (TPSA) is 202 Å². The summed E-state index contributed by atoms with van der Waals surface area (Å²) in [6.45, 7) is 2.39. The third-order valence-electron chi connectivity index (χ3n) is 4.32. The first-order valence-electron chi connectivity index (χ1n) is 10.8. The van der Waals surface area contributed by atoms with Gasteiger partial charge in [0, 0.05) is 25.5 Å². The highest BCUT2D eigenvalue weighted by molar-refractivity contribution is 7.47. The molecule has 2 N–H and O–H groups in total. The lowest BCUT2D eigenvalue weighted by Crippen LogP contribution is -2.29. The molecule has 1 aromatic heterocycles. The Morgan fingerprint density at radius 3 is 2.51 bits per heavy atom. The van der Waals surface area contributed by atoms with Gasteiger partial charge in [0.25, 0.3) is 0 Å². The number of hydrogen-bond acceptors (Lipinski definition) is 13. The van der Waals surface area contributed by atoms with Crippen molar-refractivity contribution in [3.05, 3.63) is 22.2 Å². The standard InChI is InChI=1S/C19H27N4O11P/c1-3-5-16(24)30-11-13(33-17(25)6-4-2)12-32-35(28,29)31-10-9-20-14-7-8-15(23(26)27)19-18(14)21-34-22-19/h7-8,13,20H,3-6,9-12H2,1-2H3,(H,28,29)/t13-/m1/s1. The Morgan fingerprint density at radius 2 is 1.83 bits per heavy atom. The number of nitro benzene ring substituents is 1. The minimum atomic E-state index is -4.55. The maximum atomic E-state index is 12.2. The van der Waals surface area contributed by atoms with E-state index < -0.39 is 37.4 Å². The van der Waals surface area contributed by atoms with E-state index in [-0.39, 0.29) is 49.3 Å². The summed E-state index contributed by atoms with van der Waals surface area (Å²) in [6.07, 6.45) is 0.306. The molecule has 1 aromatic carbocycles. The van der Waals surface area contributed by atoms with Crippen molar-refractivity contribution in [1.29, 1.82) is 0 Å². The Morgan fingerprint density at radius 1 is 1.14 bits per heavy atom. The maximum Gasteiger partial charge on any atom is 0.472 e. The van der Waals surface area contributed by atoms with E-state index in [0.717, 1.165) is 0 Å². The molecule has 1 unspecified atom stereocenters. The summed E-state index contributed by atoms with van der Waals surface area (Å²) in [6, 6.07) is 2.60. The Labute approximate surface area is 199 Å². The van der Waals surface area contributed by atoms with Gasteiger partial charge in [0.05, 0.1) is 23.8 Å². The summed E-state index contributed by atoms with van der Waals surface area (Å²) in [5.41, 5.74) is 0.101. The molecule has 0 radical (unpaired) electrons. The molecule has 0 aliphatic carbocycles. The van der Waals surface area contributed by atoms with Crippen LogP contribution in [-0.2, 0) is 32.7 Å². The van der Waals surface area contributed by atoms with E-state index in [1.54, 1.807) is 13.8 Å². The average molecular weight is 518 g/mol. The number of fused-ring (bicyclic) bond motifs is 1. The highest BCUT2D eigenvalue weighted by Gasteiger charge is 2.26. The highest BCUT2D eigenvalue weighted by atomic mass is 31.2. The minimum Gasteiger partial charge on any atom is -0.462 e. The summed E-state index contributed by atoms with van der Waals surface area (Å²) in [4.78, 5) is 43.7. The van der Waals surface area contributed by atoms with Gasteiger partial charge in [-0.15, -0.1) is 0 Å². The zero-order chi connectivity index (χ0) is 25.8. The maximum absolute atomic E-state index is 12.2. The predicted octanol–water partition coefficient (Wildman–Crippen LogP) is 2.73. The first-order chi connectivity index (χ1) is 16.7. The fraction of sp³-hybridized carbons (Fsp3) is 0.579. The molecule has 2 atom stereocenters. The molecule has 0 fully saturated rings. The highest BCUT2D eigenvalue weighted by Crippen LogP contribution is 2.43. The number of phosphoric ester groups is 1. The first kappa shape index (κ1) is 28.1. The van der Waals surface area contributed by atoms with Gasteiger partial charge in [0.1, 0.15) is 6.61 Å². The number of anilines is 1. The number of nitrogens with one attached hydrogen (secondary N) is 1. The average Bonchev–Trinajstić information content (AvgIpc) is 3.29. The largest absolute Gasteiger partial charge is 0.472 e. The number of nitrogens with zero attached hydrogens (tertiary/aromatic N) is 3. The van der Waals surface area contributed by atoms with Crippen LogP contribution in [0.15, 0.2) is 16.8 Å². The van der Waals surface area contributed by atoms with Crippen LogP contribution in [0.25, 0.3) is 11.0 Å². The van der Waals surface area contributed by atoms with Crippen LogP contribution in [0, 0.1) is 10.1 Å². The fourth-order valence-corrected chi connectivity index (χ4v) is 3.48. The number of non-ortho nitro benzene ring substituents is 1. The number of ether oxygens (including phenoxy) is 2. The van der Waals surface area contributed by atoms with E-state index in [0.29, 0.717) is 18.5 Å². The van der Waals surface area contributed by atoms with E-state index in [4.69, 9.17) is 18.5 Å². The quantitative estimate of drug-likeness (QED) is 0.108.